The van der Waals surface area contributed by atoms with E-state index >= 15 is 0 Å². The van der Waals surface area contributed by atoms with E-state index < -0.39 is 11.9 Å². The molecule has 0 radical (unpaired) electrons. The van der Waals surface area contributed by atoms with Gasteiger partial charge in [0.1, 0.15) is 11.5 Å². The van der Waals surface area contributed by atoms with Crippen LogP contribution in [-0.4, -0.2) is 27.4 Å². The predicted octanol–water partition coefficient (Wildman–Crippen LogP) is 7.33. The van der Waals surface area contributed by atoms with E-state index in [1.807, 2.05) is 25.7 Å². The second-order valence-corrected chi connectivity index (χ2v) is 10.4. The number of nitrogens with one attached hydrogen (secondary N) is 1. The third-order valence-corrected chi connectivity index (χ3v) is 7.45. The zero-order valence-corrected chi connectivity index (χ0v) is 22.7. The van der Waals surface area contributed by atoms with Crippen molar-refractivity contribution in [2.24, 2.45) is 10.9 Å². The van der Waals surface area contributed by atoms with Gasteiger partial charge in [-0.25, -0.2) is 4.39 Å². The smallest absolute Gasteiger partial charge is 0.366 e. The van der Waals surface area contributed by atoms with Crippen LogP contribution in [0, 0.1) is 25.6 Å². The molecule has 1 unspecified atom stereocenters. The molecule has 0 amide bonds. The van der Waals surface area contributed by atoms with Crippen LogP contribution in [0.1, 0.15) is 66.2 Å². The van der Waals surface area contributed by atoms with Crippen LogP contribution >= 0.6 is 0 Å². The SMILES string of the molecule is C=C(C=N/C=C\C)NC(=C)[C@@H]1CCN(C(=C)Cn2nc(C3CC3)cc2C(F)(F)F)C1c1cc(F)cc(C)c1C. The third kappa shape index (κ3) is 6.34. The van der Waals surface area contributed by atoms with E-state index in [2.05, 4.69) is 35.1 Å². The van der Waals surface area contributed by atoms with Crippen LogP contribution < -0.4 is 5.32 Å². The molecule has 2 aromatic rings. The molecule has 2 aliphatic rings. The Balaban J connectivity index is 1.66. The number of aryl methyl sites for hydroxylation is 1. The van der Waals surface area contributed by atoms with Gasteiger partial charge in [-0.2, -0.15) is 18.3 Å². The van der Waals surface area contributed by atoms with Crippen molar-refractivity contribution in [2.45, 2.75) is 64.7 Å². The fraction of sp³-hybridized carbons (Fsp3) is 0.400. The first kappa shape index (κ1) is 28.4. The molecule has 0 bridgehead atoms. The number of rotatable bonds is 10. The van der Waals surface area contributed by atoms with Gasteiger partial charge in [-0.1, -0.05) is 25.8 Å². The van der Waals surface area contributed by atoms with Crippen molar-refractivity contribution in [1.29, 1.82) is 0 Å². The number of halogens is 4. The van der Waals surface area contributed by atoms with Crippen molar-refractivity contribution in [2.75, 3.05) is 6.54 Å². The van der Waals surface area contributed by atoms with E-state index in [4.69, 9.17) is 0 Å². The molecule has 4 rings (SSSR count). The number of aromatic nitrogens is 2. The Morgan fingerprint density at radius 1 is 1.15 bits per heavy atom. The molecule has 1 aromatic heterocycles. The van der Waals surface area contributed by atoms with Gasteiger partial charge in [0.25, 0.3) is 0 Å². The van der Waals surface area contributed by atoms with E-state index in [9.17, 15) is 17.6 Å². The molecule has 5 nitrogen and oxygen atoms in total. The fourth-order valence-corrected chi connectivity index (χ4v) is 5.22. The molecule has 9 heteroatoms. The molecule has 39 heavy (non-hydrogen) atoms. The summed E-state index contributed by atoms with van der Waals surface area (Å²) in [5, 5.41) is 7.51. The van der Waals surface area contributed by atoms with Crippen molar-refractivity contribution in [3.63, 3.8) is 0 Å². The Hall–Kier alpha value is -3.62. The largest absolute Gasteiger partial charge is 0.433 e. The molecular weight excluding hydrogens is 506 g/mol. The molecule has 2 heterocycles. The molecule has 0 spiro atoms. The van der Waals surface area contributed by atoms with Crippen molar-refractivity contribution < 1.29 is 17.6 Å². The molecule has 2 atom stereocenters. The Morgan fingerprint density at radius 2 is 1.87 bits per heavy atom. The summed E-state index contributed by atoms with van der Waals surface area (Å²) in [6.45, 7) is 18.4. The van der Waals surface area contributed by atoms with Crippen LogP contribution in [-0.2, 0) is 12.7 Å². The van der Waals surface area contributed by atoms with E-state index in [0.717, 1.165) is 40.3 Å². The Labute approximate surface area is 227 Å². The molecule has 1 N–H and O–H groups in total. The Bertz CT molecular complexity index is 1330. The number of allylic oxidation sites excluding steroid dienone is 3. The highest BCUT2D eigenvalue weighted by molar-refractivity contribution is 5.77. The lowest BCUT2D eigenvalue weighted by atomic mass is 9.87. The van der Waals surface area contributed by atoms with Crippen LogP contribution in [0.15, 0.2) is 72.3 Å². The summed E-state index contributed by atoms with van der Waals surface area (Å²) in [7, 11) is 0. The van der Waals surface area contributed by atoms with E-state index in [-0.39, 0.29) is 30.2 Å². The first-order valence-electron chi connectivity index (χ1n) is 13.1. The van der Waals surface area contributed by atoms with Crippen molar-refractivity contribution in [3.05, 3.63) is 101 Å². The average molecular weight is 542 g/mol. The van der Waals surface area contributed by atoms with Gasteiger partial charge in [0.15, 0.2) is 0 Å². The molecule has 1 saturated heterocycles. The summed E-state index contributed by atoms with van der Waals surface area (Å²) in [4.78, 5) is 6.10. The topological polar surface area (TPSA) is 45.5 Å². The van der Waals surface area contributed by atoms with Crippen LogP contribution in [0.4, 0.5) is 17.6 Å². The Kier molecular flexibility index (Phi) is 8.18. The van der Waals surface area contributed by atoms with Crippen LogP contribution in [0.5, 0.6) is 0 Å². The second-order valence-electron chi connectivity index (χ2n) is 10.4. The molecule has 208 valence electrons. The van der Waals surface area contributed by atoms with Gasteiger partial charge in [0, 0.05) is 47.9 Å². The molecule has 1 aliphatic heterocycles. The number of likely N-dealkylation sites (tertiary alicyclic amines) is 1. The lowest BCUT2D eigenvalue weighted by Gasteiger charge is -2.34. The summed E-state index contributed by atoms with van der Waals surface area (Å²) in [6.07, 6.45) is 2.82. The summed E-state index contributed by atoms with van der Waals surface area (Å²) >= 11 is 0. The minimum atomic E-state index is -4.53. The lowest BCUT2D eigenvalue weighted by molar-refractivity contribution is -0.144. The number of benzene rings is 1. The first-order valence-corrected chi connectivity index (χ1v) is 13.1. The average Bonchev–Trinajstić information content (AvgIpc) is 3.45. The van der Waals surface area contributed by atoms with Gasteiger partial charge < -0.3 is 10.2 Å². The first-order chi connectivity index (χ1) is 18.4. The highest BCUT2D eigenvalue weighted by atomic mass is 19.4. The maximum Gasteiger partial charge on any atom is 0.433 e. The predicted molar refractivity (Wildman–Crippen MR) is 146 cm³/mol. The second kappa shape index (κ2) is 11.2. The van der Waals surface area contributed by atoms with E-state index in [1.165, 1.54) is 12.1 Å². The molecule has 2 fully saturated rings. The van der Waals surface area contributed by atoms with E-state index in [1.54, 1.807) is 18.5 Å². The zero-order valence-electron chi connectivity index (χ0n) is 22.7. The van der Waals surface area contributed by atoms with Crippen LogP contribution in [0.3, 0.4) is 0 Å². The monoisotopic (exact) mass is 541 g/mol. The normalized spacial score (nSPS) is 19.8. The summed E-state index contributed by atoms with van der Waals surface area (Å²) < 4.78 is 57.3. The molecule has 1 aliphatic carbocycles. The van der Waals surface area contributed by atoms with Crippen LogP contribution in [0.2, 0.25) is 0 Å². The lowest BCUT2D eigenvalue weighted by Crippen LogP contribution is -2.31. The highest BCUT2D eigenvalue weighted by Gasteiger charge is 2.41. The van der Waals surface area contributed by atoms with Gasteiger partial charge in [-0.3, -0.25) is 9.67 Å². The maximum atomic E-state index is 14.7. The van der Waals surface area contributed by atoms with Crippen LogP contribution in [0.25, 0.3) is 0 Å². The highest BCUT2D eigenvalue weighted by Crippen LogP contribution is 2.45. The third-order valence-electron chi connectivity index (χ3n) is 7.45. The van der Waals surface area contributed by atoms with Crippen molar-refractivity contribution >= 4 is 6.21 Å². The summed E-state index contributed by atoms with van der Waals surface area (Å²) in [5.74, 6) is -0.470. The van der Waals surface area contributed by atoms with Gasteiger partial charge >= 0.3 is 6.18 Å². The fourth-order valence-electron chi connectivity index (χ4n) is 5.22. The molecular formula is C30H35F4N5. The number of nitrogens with zero attached hydrogens (tertiary/aromatic N) is 4. The van der Waals surface area contributed by atoms with Crippen molar-refractivity contribution in [1.82, 2.24) is 20.0 Å². The standard InChI is InChI=1S/C30H35F4N5/c1-7-11-35-16-19(3)36-22(6)25-10-12-38(29(25)26-14-24(31)13-18(2)21(26)5)20(4)17-39-28(30(32,33)34)15-27(37-39)23-8-9-23/h7,11,13-16,23,25,29,36H,3-4,6,8-10,12,17H2,1-2,5H3/b11-7-,35-16?/t25-,29?/m0/s1. The zero-order chi connectivity index (χ0) is 28.5. The molecule has 1 aromatic carbocycles. The minimum Gasteiger partial charge on any atom is -0.366 e. The van der Waals surface area contributed by atoms with Crippen molar-refractivity contribution in [3.8, 4) is 0 Å². The number of aliphatic imine (C=N–C) groups is 1. The van der Waals surface area contributed by atoms with Gasteiger partial charge in [0.05, 0.1) is 18.3 Å². The quantitative estimate of drug-likeness (QED) is 0.253. The van der Waals surface area contributed by atoms with Gasteiger partial charge in [-0.05, 0) is 74.9 Å². The van der Waals surface area contributed by atoms with Gasteiger partial charge in [0.2, 0.25) is 0 Å². The number of alkyl halides is 3. The number of hydrogen-bond acceptors (Lipinski definition) is 4. The summed E-state index contributed by atoms with van der Waals surface area (Å²) in [5.41, 5.74) is 3.83. The van der Waals surface area contributed by atoms with Gasteiger partial charge in [-0.15, -0.1) is 0 Å². The number of hydrogen-bond donors (Lipinski definition) is 1. The minimum absolute atomic E-state index is 0.0845. The Morgan fingerprint density at radius 3 is 2.51 bits per heavy atom. The maximum absolute atomic E-state index is 14.7. The molecule has 1 saturated carbocycles. The van der Waals surface area contributed by atoms with E-state index in [0.29, 0.717) is 35.8 Å². The summed E-state index contributed by atoms with van der Waals surface area (Å²) in [6, 6.07) is 3.75.